The number of anilines is 1. The Kier molecular flexibility index (Phi) is 8.28. The number of imidazole rings is 1. The summed E-state index contributed by atoms with van der Waals surface area (Å²) in [5.41, 5.74) is -0.805. The van der Waals surface area contributed by atoms with E-state index in [4.69, 9.17) is 0 Å². The van der Waals surface area contributed by atoms with E-state index in [1.807, 2.05) is 32.9 Å². The van der Waals surface area contributed by atoms with Crippen LogP contribution in [0.3, 0.4) is 0 Å². The Hall–Kier alpha value is -4.20. The van der Waals surface area contributed by atoms with Crippen molar-refractivity contribution in [2.45, 2.75) is 76.6 Å². The monoisotopic (exact) mass is 552 g/mol. The minimum Gasteiger partial charge on any atom is -0.351 e. The topological polar surface area (TPSA) is 115 Å². The molecule has 2 N–H and O–H groups in total. The van der Waals surface area contributed by atoms with Gasteiger partial charge in [0.15, 0.2) is 0 Å². The molecule has 1 unspecified atom stereocenters. The second-order valence-electron chi connectivity index (χ2n) is 10.9. The number of halogens is 3. The van der Waals surface area contributed by atoms with Gasteiger partial charge in [-0.2, -0.15) is 18.4 Å². The first kappa shape index (κ1) is 28.8. The molecule has 1 saturated carbocycles. The van der Waals surface area contributed by atoms with Gasteiger partial charge >= 0.3 is 6.18 Å². The fraction of sp³-hybridized carbons (Fsp3) is 0.414. The van der Waals surface area contributed by atoms with Crippen LogP contribution in [-0.4, -0.2) is 32.8 Å². The third-order valence-corrected chi connectivity index (χ3v) is 7.03. The lowest BCUT2D eigenvalue weighted by Crippen LogP contribution is -2.47. The van der Waals surface area contributed by atoms with Crippen molar-refractivity contribution in [3.05, 3.63) is 77.1 Å². The Morgan fingerprint density at radius 3 is 2.30 bits per heavy atom. The van der Waals surface area contributed by atoms with Crippen LogP contribution >= 0.6 is 0 Å². The number of nitrogens with one attached hydrogen (secondary N) is 2. The molecule has 1 atom stereocenters. The van der Waals surface area contributed by atoms with Crippen LogP contribution in [0, 0.1) is 11.3 Å². The number of hydrogen-bond donors (Lipinski definition) is 2. The zero-order valence-electron chi connectivity index (χ0n) is 22.5. The molecule has 11 heteroatoms. The summed E-state index contributed by atoms with van der Waals surface area (Å²) in [5, 5.41) is 12.8. The molecule has 0 aliphatic heterocycles. The maximum atomic E-state index is 14.0. The Morgan fingerprint density at radius 2 is 1.75 bits per heavy atom. The third kappa shape index (κ3) is 6.33. The molecule has 1 aliphatic rings. The summed E-state index contributed by atoms with van der Waals surface area (Å²) >= 11 is 0. The number of carbonyl (C=O) groups is 2. The minimum atomic E-state index is -4.79. The number of carbonyl (C=O) groups excluding carboxylic acids is 2. The molecule has 3 aromatic rings. The zero-order valence-corrected chi connectivity index (χ0v) is 22.5. The molecule has 8 nitrogen and oxygen atoms in total. The Labute approximate surface area is 230 Å². The van der Waals surface area contributed by atoms with Crippen LogP contribution in [0.15, 0.2) is 48.9 Å². The predicted octanol–water partition coefficient (Wildman–Crippen LogP) is 5.83. The van der Waals surface area contributed by atoms with Crippen LogP contribution in [0.4, 0.5) is 18.9 Å². The average Bonchev–Trinajstić information content (AvgIpc) is 3.46. The SMILES string of the molecule is CC(C)(C)c1ccc(N(C(=O)c2cnc[nH]2)C(C(=O)NC2CCCCC2)c2ccc(C(F)(F)F)nc2C#N)cc1. The molecular formula is C29H31F3N6O2. The fourth-order valence-electron chi connectivity index (χ4n) is 4.87. The molecule has 0 bridgehead atoms. The Balaban J connectivity index is 1.89. The van der Waals surface area contributed by atoms with Crippen LogP contribution in [-0.2, 0) is 16.4 Å². The van der Waals surface area contributed by atoms with Gasteiger partial charge in [-0.1, -0.05) is 58.2 Å². The van der Waals surface area contributed by atoms with Crippen molar-refractivity contribution in [2.75, 3.05) is 4.90 Å². The lowest BCUT2D eigenvalue weighted by atomic mass is 9.87. The van der Waals surface area contributed by atoms with Gasteiger partial charge in [0, 0.05) is 17.3 Å². The number of hydrogen-bond acceptors (Lipinski definition) is 5. The van der Waals surface area contributed by atoms with Crippen molar-refractivity contribution in [1.82, 2.24) is 20.3 Å². The number of H-pyrrole nitrogens is 1. The van der Waals surface area contributed by atoms with E-state index < -0.39 is 35.4 Å². The number of pyridine rings is 1. The van der Waals surface area contributed by atoms with Gasteiger partial charge in [-0.15, -0.1) is 0 Å². The van der Waals surface area contributed by atoms with E-state index in [0.29, 0.717) is 5.69 Å². The van der Waals surface area contributed by atoms with E-state index >= 15 is 0 Å². The normalized spacial score (nSPS) is 15.2. The van der Waals surface area contributed by atoms with E-state index in [9.17, 15) is 28.0 Å². The Bertz CT molecular complexity index is 1380. The summed E-state index contributed by atoms with van der Waals surface area (Å²) < 4.78 is 40.3. The van der Waals surface area contributed by atoms with Crippen molar-refractivity contribution in [3.63, 3.8) is 0 Å². The van der Waals surface area contributed by atoms with Gasteiger partial charge in [0.1, 0.15) is 29.2 Å². The highest BCUT2D eigenvalue weighted by Crippen LogP contribution is 2.35. The summed E-state index contributed by atoms with van der Waals surface area (Å²) in [6, 6.07) is 8.85. The molecule has 2 aromatic heterocycles. The molecule has 0 radical (unpaired) electrons. The summed E-state index contributed by atoms with van der Waals surface area (Å²) in [6.07, 6.45) is 2.18. The van der Waals surface area contributed by atoms with Crippen LogP contribution < -0.4 is 10.2 Å². The van der Waals surface area contributed by atoms with Gasteiger partial charge in [0.2, 0.25) is 5.91 Å². The maximum absolute atomic E-state index is 14.0. The summed E-state index contributed by atoms with van der Waals surface area (Å²) in [5.74, 6) is -1.26. The molecule has 2 amide bonds. The second kappa shape index (κ2) is 11.5. The number of amides is 2. The lowest BCUT2D eigenvalue weighted by Gasteiger charge is -2.33. The van der Waals surface area contributed by atoms with E-state index in [2.05, 4.69) is 20.3 Å². The van der Waals surface area contributed by atoms with E-state index in [-0.39, 0.29) is 22.7 Å². The van der Waals surface area contributed by atoms with Gasteiger partial charge in [-0.3, -0.25) is 14.5 Å². The molecular weight excluding hydrogens is 521 g/mol. The molecule has 1 aliphatic carbocycles. The van der Waals surface area contributed by atoms with Gasteiger partial charge in [-0.05, 0) is 42.0 Å². The van der Waals surface area contributed by atoms with Crippen molar-refractivity contribution >= 4 is 17.5 Å². The molecule has 2 heterocycles. The molecule has 1 fully saturated rings. The fourth-order valence-corrected chi connectivity index (χ4v) is 4.87. The van der Waals surface area contributed by atoms with Gasteiger partial charge in [-0.25, -0.2) is 9.97 Å². The van der Waals surface area contributed by atoms with Crippen LogP contribution in [0.1, 0.15) is 91.9 Å². The molecule has 210 valence electrons. The summed E-state index contributed by atoms with van der Waals surface area (Å²) in [6.45, 7) is 6.09. The highest BCUT2D eigenvalue weighted by molar-refractivity contribution is 6.09. The summed E-state index contributed by atoms with van der Waals surface area (Å²) in [7, 11) is 0. The minimum absolute atomic E-state index is 0.0637. The zero-order chi connectivity index (χ0) is 29.1. The van der Waals surface area contributed by atoms with Crippen molar-refractivity contribution in [2.24, 2.45) is 0 Å². The van der Waals surface area contributed by atoms with Gasteiger partial charge in [0.25, 0.3) is 5.91 Å². The standard InChI is InChI=1S/C29H31F3N6O2/c1-28(2,3)18-9-11-20(12-10-18)38(27(40)23-16-34-17-35-23)25(26(39)36-19-7-5-4-6-8-19)21-13-14-24(29(30,31)32)37-22(21)15-33/h9-14,16-17,19,25H,4-8H2,1-3H3,(H,34,35)(H,36,39). The molecule has 1 aromatic carbocycles. The summed E-state index contributed by atoms with van der Waals surface area (Å²) in [4.78, 5) is 39.3. The van der Waals surface area contributed by atoms with Crippen molar-refractivity contribution < 1.29 is 22.8 Å². The first-order valence-corrected chi connectivity index (χ1v) is 13.1. The quantitative estimate of drug-likeness (QED) is 0.399. The van der Waals surface area contributed by atoms with Crippen LogP contribution in [0.25, 0.3) is 0 Å². The number of nitriles is 1. The van der Waals surface area contributed by atoms with E-state index in [0.717, 1.165) is 49.8 Å². The third-order valence-electron chi connectivity index (χ3n) is 7.03. The number of alkyl halides is 3. The predicted molar refractivity (Wildman–Crippen MR) is 142 cm³/mol. The van der Waals surface area contributed by atoms with Crippen molar-refractivity contribution in [1.29, 1.82) is 5.26 Å². The van der Waals surface area contributed by atoms with E-state index in [1.54, 1.807) is 18.2 Å². The lowest BCUT2D eigenvalue weighted by molar-refractivity contribution is -0.141. The number of nitrogens with zero attached hydrogens (tertiary/aromatic N) is 4. The number of rotatable bonds is 6. The average molecular weight is 553 g/mol. The number of benzene rings is 1. The maximum Gasteiger partial charge on any atom is 0.433 e. The number of aromatic amines is 1. The molecule has 4 rings (SSSR count). The van der Waals surface area contributed by atoms with E-state index in [1.165, 1.54) is 17.4 Å². The van der Waals surface area contributed by atoms with Gasteiger partial charge < -0.3 is 10.3 Å². The first-order valence-electron chi connectivity index (χ1n) is 13.1. The largest absolute Gasteiger partial charge is 0.433 e. The van der Waals surface area contributed by atoms with Gasteiger partial charge in [0.05, 0.1) is 12.5 Å². The number of aromatic nitrogens is 3. The van der Waals surface area contributed by atoms with Crippen LogP contribution in [0.5, 0.6) is 0 Å². The first-order chi connectivity index (χ1) is 18.9. The molecule has 0 saturated heterocycles. The smallest absolute Gasteiger partial charge is 0.351 e. The second-order valence-corrected chi connectivity index (χ2v) is 10.9. The Morgan fingerprint density at radius 1 is 1.07 bits per heavy atom. The molecule has 40 heavy (non-hydrogen) atoms. The van der Waals surface area contributed by atoms with Crippen LogP contribution in [0.2, 0.25) is 0 Å². The van der Waals surface area contributed by atoms with Crippen molar-refractivity contribution in [3.8, 4) is 6.07 Å². The highest BCUT2D eigenvalue weighted by Gasteiger charge is 2.39. The highest BCUT2D eigenvalue weighted by atomic mass is 19.4. The molecule has 0 spiro atoms.